The molecule has 0 fully saturated rings. The molecule has 0 unspecified atom stereocenters. The largest absolute Gasteiger partial charge is 0.481 e. The standard InChI is InChI=1S/C13H25N3O3Si/c1-13(14,7-12(17)18)11-8-15-16(9-11)10-19-5-6-20(2,3)4/h8-9H,5-7,10,14H2,1-4H3,(H,17,18)/t13-/m0/s1. The van der Waals surface area contributed by atoms with Crippen LogP contribution >= 0.6 is 0 Å². The molecule has 3 N–H and O–H groups in total. The smallest absolute Gasteiger partial charge is 0.305 e. The van der Waals surface area contributed by atoms with Crippen molar-refractivity contribution >= 4 is 14.0 Å². The van der Waals surface area contributed by atoms with Crippen LogP contribution in [0.3, 0.4) is 0 Å². The molecule has 0 aromatic carbocycles. The Labute approximate surface area is 120 Å². The highest BCUT2D eigenvalue weighted by Gasteiger charge is 2.26. The zero-order valence-electron chi connectivity index (χ0n) is 12.7. The summed E-state index contributed by atoms with van der Waals surface area (Å²) in [6.45, 7) is 9.68. The van der Waals surface area contributed by atoms with Crippen molar-refractivity contribution in [2.75, 3.05) is 6.61 Å². The summed E-state index contributed by atoms with van der Waals surface area (Å²) in [6.07, 6.45) is 3.22. The fourth-order valence-electron chi connectivity index (χ4n) is 1.68. The average molecular weight is 299 g/mol. The van der Waals surface area contributed by atoms with Gasteiger partial charge in [-0.15, -0.1) is 0 Å². The van der Waals surface area contributed by atoms with E-state index in [1.54, 1.807) is 24.0 Å². The van der Waals surface area contributed by atoms with E-state index in [4.69, 9.17) is 15.6 Å². The normalized spacial score (nSPS) is 15.1. The molecule has 0 radical (unpaired) electrons. The van der Waals surface area contributed by atoms with Crippen molar-refractivity contribution in [1.82, 2.24) is 9.78 Å². The molecule has 0 saturated heterocycles. The molecule has 1 rings (SSSR count). The van der Waals surface area contributed by atoms with Crippen molar-refractivity contribution in [2.24, 2.45) is 5.73 Å². The van der Waals surface area contributed by atoms with Gasteiger partial charge in [-0.2, -0.15) is 5.10 Å². The minimum atomic E-state index is -1.08. The number of hydrogen-bond acceptors (Lipinski definition) is 4. The van der Waals surface area contributed by atoms with Crippen molar-refractivity contribution in [1.29, 1.82) is 0 Å². The lowest BCUT2D eigenvalue weighted by Gasteiger charge is -2.20. The number of nitrogens with two attached hydrogens (primary N) is 1. The molecule has 0 bridgehead atoms. The molecule has 0 amide bonds. The Kier molecular flexibility index (Phi) is 5.49. The molecule has 20 heavy (non-hydrogen) atoms. The molecule has 0 saturated carbocycles. The maximum absolute atomic E-state index is 10.8. The Morgan fingerprint density at radius 2 is 2.20 bits per heavy atom. The van der Waals surface area contributed by atoms with Crippen LogP contribution in [0.25, 0.3) is 0 Å². The van der Waals surface area contributed by atoms with Gasteiger partial charge in [-0.3, -0.25) is 4.79 Å². The second kappa shape index (κ2) is 6.51. The molecular formula is C13H25N3O3Si. The number of carboxylic acid groups (broad SMARTS) is 1. The van der Waals surface area contributed by atoms with Crippen LogP contribution in [0.5, 0.6) is 0 Å². The van der Waals surface area contributed by atoms with Gasteiger partial charge in [0.05, 0.1) is 18.2 Å². The SMILES string of the molecule is C[C@](N)(CC(=O)O)c1cnn(COCC[Si](C)(C)C)c1. The van der Waals surface area contributed by atoms with Gasteiger partial charge in [0.2, 0.25) is 0 Å². The second-order valence-electron chi connectivity index (χ2n) is 6.60. The number of rotatable bonds is 8. The third-order valence-corrected chi connectivity index (χ3v) is 4.74. The summed E-state index contributed by atoms with van der Waals surface area (Å²) in [5, 5.41) is 13.0. The molecule has 0 aliphatic carbocycles. The van der Waals surface area contributed by atoms with Crippen LogP contribution in [0, 0.1) is 0 Å². The topological polar surface area (TPSA) is 90.4 Å². The first-order chi connectivity index (χ1) is 9.10. The highest BCUT2D eigenvalue weighted by Crippen LogP contribution is 2.20. The molecule has 7 heteroatoms. The molecule has 1 heterocycles. The minimum Gasteiger partial charge on any atom is -0.481 e. The molecule has 114 valence electrons. The summed E-state index contributed by atoms with van der Waals surface area (Å²) in [5.41, 5.74) is 5.78. The van der Waals surface area contributed by atoms with Gasteiger partial charge in [0.1, 0.15) is 6.73 Å². The first-order valence-corrected chi connectivity index (χ1v) is 10.4. The lowest BCUT2D eigenvalue weighted by atomic mass is 9.93. The van der Waals surface area contributed by atoms with Crippen molar-refractivity contribution in [3.8, 4) is 0 Å². The van der Waals surface area contributed by atoms with E-state index in [1.807, 2.05) is 0 Å². The number of carboxylic acids is 1. The molecule has 0 spiro atoms. The third kappa shape index (κ3) is 5.85. The molecule has 1 aromatic rings. The average Bonchev–Trinajstić information content (AvgIpc) is 2.70. The summed E-state index contributed by atoms with van der Waals surface area (Å²) in [6, 6.07) is 1.11. The van der Waals surface area contributed by atoms with Crippen LogP contribution in [0.4, 0.5) is 0 Å². The van der Waals surface area contributed by atoms with Gasteiger partial charge in [0, 0.05) is 26.4 Å². The lowest BCUT2D eigenvalue weighted by molar-refractivity contribution is -0.138. The van der Waals surface area contributed by atoms with E-state index >= 15 is 0 Å². The number of carbonyl (C=O) groups is 1. The van der Waals surface area contributed by atoms with Gasteiger partial charge in [0.15, 0.2) is 0 Å². The molecule has 6 nitrogen and oxygen atoms in total. The van der Waals surface area contributed by atoms with Crippen LogP contribution in [0.15, 0.2) is 12.4 Å². The zero-order chi connectivity index (χ0) is 15.4. The van der Waals surface area contributed by atoms with E-state index < -0.39 is 19.6 Å². The van der Waals surface area contributed by atoms with Gasteiger partial charge in [0.25, 0.3) is 0 Å². The van der Waals surface area contributed by atoms with Crippen LogP contribution in [0.2, 0.25) is 25.7 Å². The summed E-state index contributed by atoms with van der Waals surface area (Å²) in [5.74, 6) is -0.922. The van der Waals surface area contributed by atoms with Crippen molar-refractivity contribution in [3.63, 3.8) is 0 Å². The fourth-order valence-corrected chi connectivity index (χ4v) is 2.44. The molecular weight excluding hydrogens is 274 g/mol. The Morgan fingerprint density at radius 1 is 1.55 bits per heavy atom. The number of aliphatic carboxylic acids is 1. The van der Waals surface area contributed by atoms with Crippen LogP contribution in [-0.2, 0) is 21.8 Å². The Balaban J connectivity index is 2.49. The number of hydrogen-bond donors (Lipinski definition) is 2. The van der Waals surface area contributed by atoms with Gasteiger partial charge in [-0.1, -0.05) is 19.6 Å². The quantitative estimate of drug-likeness (QED) is 0.564. The lowest BCUT2D eigenvalue weighted by Crippen LogP contribution is -2.35. The van der Waals surface area contributed by atoms with Gasteiger partial charge >= 0.3 is 5.97 Å². The minimum absolute atomic E-state index is 0.130. The van der Waals surface area contributed by atoms with Crippen LogP contribution in [-0.4, -0.2) is 35.5 Å². The summed E-state index contributed by atoms with van der Waals surface area (Å²) >= 11 is 0. The highest BCUT2D eigenvalue weighted by molar-refractivity contribution is 6.76. The molecule has 0 aliphatic rings. The van der Waals surface area contributed by atoms with E-state index in [2.05, 4.69) is 24.7 Å². The predicted molar refractivity (Wildman–Crippen MR) is 80.1 cm³/mol. The van der Waals surface area contributed by atoms with E-state index in [0.29, 0.717) is 12.3 Å². The first-order valence-electron chi connectivity index (χ1n) is 6.71. The Hall–Kier alpha value is -1.18. The van der Waals surface area contributed by atoms with E-state index in [0.717, 1.165) is 12.7 Å². The van der Waals surface area contributed by atoms with Crippen LogP contribution in [0.1, 0.15) is 18.9 Å². The van der Waals surface area contributed by atoms with Gasteiger partial charge < -0.3 is 15.6 Å². The Morgan fingerprint density at radius 3 is 2.75 bits per heavy atom. The second-order valence-corrected chi connectivity index (χ2v) is 12.2. The van der Waals surface area contributed by atoms with E-state index in [9.17, 15) is 4.79 Å². The van der Waals surface area contributed by atoms with Gasteiger partial charge in [-0.05, 0) is 13.0 Å². The summed E-state index contributed by atoms with van der Waals surface area (Å²) < 4.78 is 7.23. The fraction of sp³-hybridized carbons (Fsp3) is 0.692. The van der Waals surface area contributed by atoms with Crippen molar-refractivity contribution in [2.45, 2.75) is 51.3 Å². The molecule has 1 atom stereocenters. The van der Waals surface area contributed by atoms with Gasteiger partial charge in [-0.25, -0.2) is 4.68 Å². The number of nitrogens with zero attached hydrogens (tertiary/aromatic N) is 2. The third-order valence-electron chi connectivity index (χ3n) is 3.03. The van der Waals surface area contributed by atoms with E-state index in [1.165, 1.54) is 0 Å². The van der Waals surface area contributed by atoms with E-state index in [-0.39, 0.29) is 6.42 Å². The molecule has 0 aliphatic heterocycles. The maximum atomic E-state index is 10.8. The van der Waals surface area contributed by atoms with Crippen LogP contribution < -0.4 is 5.73 Å². The number of ether oxygens (including phenoxy) is 1. The van der Waals surface area contributed by atoms with Crippen molar-refractivity contribution < 1.29 is 14.6 Å². The highest BCUT2D eigenvalue weighted by atomic mass is 28.3. The monoisotopic (exact) mass is 299 g/mol. The maximum Gasteiger partial charge on any atom is 0.305 e. The van der Waals surface area contributed by atoms with Crippen molar-refractivity contribution in [3.05, 3.63) is 18.0 Å². The summed E-state index contributed by atoms with van der Waals surface area (Å²) in [4.78, 5) is 10.8. The Bertz CT molecular complexity index is 452. The first kappa shape index (κ1) is 16.9. The number of aromatic nitrogens is 2. The molecule has 1 aromatic heterocycles. The zero-order valence-corrected chi connectivity index (χ0v) is 13.7. The summed E-state index contributed by atoms with van der Waals surface area (Å²) in [7, 11) is -1.08. The predicted octanol–water partition coefficient (Wildman–Crippen LogP) is 1.84.